The minimum Gasteiger partial charge on any atom is -0.491 e. The molecule has 0 saturated carbocycles. The van der Waals surface area contributed by atoms with E-state index >= 15 is 0 Å². The Morgan fingerprint density at radius 1 is 0.971 bits per heavy atom. The molecule has 3 rings (SSSR count). The van der Waals surface area contributed by atoms with Crippen LogP contribution in [0.5, 0.6) is 11.5 Å². The molecule has 0 amide bonds. The van der Waals surface area contributed by atoms with Crippen LogP contribution in [0.1, 0.15) is 41.9 Å². The summed E-state index contributed by atoms with van der Waals surface area (Å²) in [5, 5.41) is 37.3. The Balaban J connectivity index is 1.61. The van der Waals surface area contributed by atoms with Gasteiger partial charge in [0.15, 0.2) is 0 Å². The van der Waals surface area contributed by atoms with E-state index < -0.39 is 12.2 Å². The molecule has 0 unspecified atom stereocenters. The summed E-state index contributed by atoms with van der Waals surface area (Å²) in [6.07, 6.45) is -1.49. The highest BCUT2D eigenvalue weighted by Crippen LogP contribution is 2.34. The van der Waals surface area contributed by atoms with Gasteiger partial charge in [-0.15, -0.1) is 16.7 Å². The van der Waals surface area contributed by atoms with Crippen molar-refractivity contribution < 1.29 is 24.8 Å². The minimum atomic E-state index is -0.799. The zero-order chi connectivity index (χ0) is 25.6. The van der Waals surface area contributed by atoms with Gasteiger partial charge in [-0.2, -0.15) is 0 Å². The summed E-state index contributed by atoms with van der Waals surface area (Å²) >= 11 is 5.64. The lowest BCUT2D eigenvalue weighted by molar-refractivity contribution is 0.0866. The van der Waals surface area contributed by atoms with E-state index in [2.05, 4.69) is 30.2 Å². The summed E-state index contributed by atoms with van der Waals surface area (Å²) in [7, 11) is 0. The maximum Gasteiger partial charge on any atom is 0.122 e. The number of aliphatic hydroxyl groups excluding tert-OH is 3. The molecule has 8 nitrogen and oxygen atoms in total. The second-order valence-corrected chi connectivity index (χ2v) is 9.48. The van der Waals surface area contributed by atoms with E-state index in [1.807, 2.05) is 43.3 Å². The largest absolute Gasteiger partial charge is 0.491 e. The summed E-state index contributed by atoms with van der Waals surface area (Å²) in [6.45, 7) is 8.29. The third kappa shape index (κ3) is 6.73. The lowest BCUT2D eigenvalue weighted by atomic mass is 9.77. The second-order valence-electron chi connectivity index (χ2n) is 9.18. The van der Waals surface area contributed by atoms with Crippen LogP contribution in [0.2, 0.25) is 0 Å². The molecule has 0 bridgehead atoms. The zero-order valence-corrected chi connectivity index (χ0v) is 21.4. The van der Waals surface area contributed by atoms with Crippen molar-refractivity contribution in [1.29, 1.82) is 0 Å². The van der Waals surface area contributed by atoms with Gasteiger partial charge in [0, 0.05) is 5.41 Å². The number of aromatic nitrogens is 3. The van der Waals surface area contributed by atoms with Gasteiger partial charge in [-0.25, -0.2) is 4.68 Å². The van der Waals surface area contributed by atoms with E-state index in [1.165, 1.54) is 4.68 Å². The van der Waals surface area contributed by atoms with E-state index in [0.29, 0.717) is 17.1 Å². The van der Waals surface area contributed by atoms with E-state index in [4.69, 9.17) is 21.1 Å². The molecule has 35 heavy (non-hydrogen) atoms. The second kappa shape index (κ2) is 11.9. The fourth-order valence-electron chi connectivity index (χ4n) is 3.77. The standard InChI is InChI=1S/C26H34ClN3O5/c1-17-11-20(7-10-25(17)35-15-21(32)12-27)26(3,4)19-5-8-23(9-6-19)34-16-22(33)13-30-24(14-31)18(2)28-29-30/h5-11,21-22,31-33H,12-16H2,1-4H3/t21-,22+/m0/s1. The minimum absolute atomic E-state index is 0.0889. The predicted octanol–water partition coefficient (Wildman–Crippen LogP) is 3.13. The number of halogens is 1. The number of ether oxygens (including phenoxy) is 2. The fraction of sp³-hybridized carbons (Fsp3) is 0.462. The van der Waals surface area contributed by atoms with Gasteiger partial charge in [0.1, 0.15) is 36.9 Å². The van der Waals surface area contributed by atoms with Crippen molar-refractivity contribution >= 4 is 11.6 Å². The van der Waals surface area contributed by atoms with E-state index in [-0.39, 0.29) is 37.7 Å². The molecule has 2 atom stereocenters. The smallest absolute Gasteiger partial charge is 0.122 e. The van der Waals surface area contributed by atoms with Gasteiger partial charge in [0.25, 0.3) is 0 Å². The van der Waals surface area contributed by atoms with Crippen LogP contribution in [-0.2, 0) is 18.6 Å². The van der Waals surface area contributed by atoms with Gasteiger partial charge in [-0.05, 0) is 48.7 Å². The van der Waals surface area contributed by atoms with Crippen LogP contribution >= 0.6 is 11.6 Å². The molecule has 0 saturated heterocycles. The van der Waals surface area contributed by atoms with E-state index in [1.54, 1.807) is 6.92 Å². The van der Waals surface area contributed by atoms with Crippen LogP contribution < -0.4 is 9.47 Å². The highest BCUT2D eigenvalue weighted by atomic mass is 35.5. The first-order valence-corrected chi connectivity index (χ1v) is 12.1. The number of nitrogens with zero attached hydrogens (tertiary/aromatic N) is 3. The molecule has 0 aliphatic rings. The Morgan fingerprint density at radius 2 is 1.63 bits per heavy atom. The summed E-state index contributed by atoms with van der Waals surface area (Å²) in [4.78, 5) is 0. The topological polar surface area (TPSA) is 110 Å². The van der Waals surface area contributed by atoms with Gasteiger partial charge in [0.2, 0.25) is 0 Å². The number of hydrogen-bond donors (Lipinski definition) is 3. The SMILES string of the molecule is Cc1cc(C(C)(C)c2ccc(OC[C@H](O)Cn3nnc(C)c3CO)cc2)ccc1OC[C@@H](O)CCl. The van der Waals surface area contributed by atoms with Crippen molar-refractivity contribution in [2.75, 3.05) is 19.1 Å². The summed E-state index contributed by atoms with van der Waals surface area (Å²) in [6, 6.07) is 13.9. The molecule has 1 aromatic heterocycles. The average molecular weight is 504 g/mol. The van der Waals surface area contributed by atoms with Crippen molar-refractivity contribution in [2.24, 2.45) is 0 Å². The van der Waals surface area contributed by atoms with Crippen LogP contribution in [0, 0.1) is 13.8 Å². The molecular formula is C26H34ClN3O5. The van der Waals surface area contributed by atoms with Gasteiger partial charge < -0.3 is 24.8 Å². The highest BCUT2D eigenvalue weighted by Gasteiger charge is 2.24. The Kier molecular flexibility index (Phi) is 9.13. The zero-order valence-electron chi connectivity index (χ0n) is 20.6. The normalized spacial score (nSPS) is 13.5. The molecule has 3 aromatic rings. The average Bonchev–Trinajstić information content (AvgIpc) is 3.20. The molecule has 9 heteroatoms. The van der Waals surface area contributed by atoms with Crippen LogP contribution in [0.3, 0.4) is 0 Å². The quantitative estimate of drug-likeness (QED) is 0.326. The molecular weight excluding hydrogens is 470 g/mol. The maximum absolute atomic E-state index is 10.3. The Hall–Kier alpha value is -2.65. The molecule has 190 valence electrons. The summed E-state index contributed by atoms with van der Waals surface area (Å²) in [5.41, 5.74) is 4.19. The summed E-state index contributed by atoms with van der Waals surface area (Å²) in [5.74, 6) is 1.51. The summed E-state index contributed by atoms with van der Waals surface area (Å²) < 4.78 is 12.9. The Bertz CT molecular complexity index is 1100. The number of hydrogen-bond acceptors (Lipinski definition) is 7. The van der Waals surface area contributed by atoms with Crippen molar-refractivity contribution in [3.63, 3.8) is 0 Å². The molecule has 1 heterocycles. The first-order chi connectivity index (χ1) is 16.6. The molecule has 0 fully saturated rings. The molecule has 0 aliphatic heterocycles. The van der Waals surface area contributed by atoms with Crippen LogP contribution in [0.15, 0.2) is 42.5 Å². The van der Waals surface area contributed by atoms with Crippen LogP contribution in [0.4, 0.5) is 0 Å². The lowest BCUT2D eigenvalue weighted by Gasteiger charge is -2.27. The lowest BCUT2D eigenvalue weighted by Crippen LogP contribution is -2.25. The maximum atomic E-state index is 10.3. The molecule has 3 N–H and O–H groups in total. The molecule has 2 aromatic carbocycles. The van der Waals surface area contributed by atoms with Crippen molar-refractivity contribution in [3.05, 3.63) is 70.5 Å². The fourth-order valence-corrected chi connectivity index (χ4v) is 3.86. The monoisotopic (exact) mass is 503 g/mol. The van der Waals surface area contributed by atoms with Crippen LogP contribution in [-0.4, -0.2) is 61.6 Å². The molecule has 0 radical (unpaired) electrons. The number of benzene rings is 2. The highest BCUT2D eigenvalue weighted by molar-refractivity contribution is 6.18. The van der Waals surface area contributed by atoms with Gasteiger partial charge in [-0.1, -0.05) is 43.3 Å². The molecule has 0 aliphatic carbocycles. The van der Waals surface area contributed by atoms with Gasteiger partial charge >= 0.3 is 0 Å². The van der Waals surface area contributed by atoms with Crippen LogP contribution in [0.25, 0.3) is 0 Å². The van der Waals surface area contributed by atoms with Crippen molar-refractivity contribution in [1.82, 2.24) is 15.0 Å². The first-order valence-electron chi connectivity index (χ1n) is 11.5. The number of aliphatic hydroxyl groups is 3. The van der Waals surface area contributed by atoms with Gasteiger partial charge in [-0.3, -0.25) is 0 Å². The first kappa shape index (κ1) is 26.9. The van der Waals surface area contributed by atoms with E-state index in [0.717, 1.165) is 22.4 Å². The van der Waals surface area contributed by atoms with Gasteiger partial charge in [0.05, 0.1) is 30.4 Å². The number of rotatable bonds is 12. The third-order valence-corrected chi connectivity index (χ3v) is 6.45. The third-order valence-electron chi connectivity index (χ3n) is 6.09. The molecule has 0 spiro atoms. The van der Waals surface area contributed by atoms with Crippen molar-refractivity contribution in [3.8, 4) is 11.5 Å². The Labute approximate surface area is 211 Å². The van der Waals surface area contributed by atoms with E-state index in [9.17, 15) is 15.3 Å². The predicted molar refractivity (Wildman–Crippen MR) is 134 cm³/mol. The number of alkyl halides is 1. The van der Waals surface area contributed by atoms with Crippen molar-refractivity contribution in [2.45, 2.75) is 58.5 Å². The Morgan fingerprint density at radius 3 is 2.26 bits per heavy atom. The number of aryl methyl sites for hydroxylation is 2.